The van der Waals surface area contributed by atoms with Crippen LogP contribution in [0.3, 0.4) is 0 Å². The zero-order valence-electron chi connectivity index (χ0n) is 12.1. The number of hydrogen-bond donors (Lipinski definition) is 1. The largest absolute Gasteiger partial charge is 0.484 e. The molecule has 0 aliphatic rings. The Morgan fingerprint density at radius 3 is 2.81 bits per heavy atom. The maximum atomic E-state index is 11.0. The van der Waals surface area contributed by atoms with Gasteiger partial charge in [0.05, 0.1) is 22.6 Å². The van der Waals surface area contributed by atoms with E-state index < -0.39 is 4.92 Å². The van der Waals surface area contributed by atoms with Crippen LogP contribution in [0.2, 0.25) is 0 Å². The second kappa shape index (κ2) is 6.53. The standard InChI is InChI=1S/C14H17N3O3S/c1-9(2)20-14-6-11(4-5-13(14)17(18)19)16-8-12-7-15-10(3)21-12/h4-7,9,16H,8H2,1-3H3. The van der Waals surface area contributed by atoms with Crippen molar-refractivity contribution in [3.05, 3.63) is 44.4 Å². The van der Waals surface area contributed by atoms with Crippen molar-refractivity contribution in [1.82, 2.24) is 4.98 Å². The number of nitro benzene ring substituents is 1. The number of nitrogens with zero attached hydrogens (tertiary/aromatic N) is 2. The molecule has 0 unspecified atom stereocenters. The second-order valence-corrected chi connectivity index (χ2v) is 6.12. The predicted octanol–water partition coefficient (Wildman–Crippen LogP) is 3.76. The Morgan fingerprint density at radius 1 is 1.48 bits per heavy atom. The average Bonchev–Trinajstić information content (AvgIpc) is 2.81. The van der Waals surface area contributed by atoms with E-state index in [2.05, 4.69) is 10.3 Å². The van der Waals surface area contributed by atoms with Crippen molar-refractivity contribution in [2.75, 3.05) is 5.32 Å². The molecule has 21 heavy (non-hydrogen) atoms. The average molecular weight is 307 g/mol. The Morgan fingerprint density at radius 2 is 2.24 bits per heavy atom. The van der Waals surface area contributed by atoms with E-state index in [4.69, 9.17) is 4.74 Å². The highest BCUT2D eigenvalue weighted by atomic mass is 32.1. The van der Waals surface area contributed by atoms with Gasteiger partial charge in [-0.1, -0.05) is 0 Å². The number of nitrogens with one attached hydrogen (secondary N) is 1. The van der Waals surface area contributed by atoms with Gasteiger partial charge in [-0.15, -0.1) is 11.3 Å². The summed E-state index contributed by atoms with van der Waals surface area (Å²) in [6, 6.07) is 4.79. The van der Waals surface area contributed by atoms with Gasteiger partial charge in [0.15, 0.2) is 5.75 Å². The fourth-order valence-corrected chi connectivity index (χ4v) is 2.53. The SMILES string of the molecule is Cc1ncc(CNc2ccc([N+](=O)[O-])c(OC(C)C)c2)s1. The highest BCUT2D eigenvalue weighted by Crippen LogP contribution is 2.31. The zero-order chi connectivity index (χ0) is 15.4. The lowest BCUT2D eigenvalue weighted by Gasteiger charge is -2.12. The van der Waals surface area contributed by atoms with Crippen LogP contribution in [0.15, 0.2) is 24.4 Å². The van der Waals surface area contributed by atoms with Crippen LogP contribution in [0.25, 0.3) is 0 Å². The molecule has 112 valence electrons. The third-order valence-corrected chi connectivity index (χ3v) is 3.57. The van der Waals surface area contributed by atoms with Crippen LogP contribution >= 0.6 is 11.3 Å². The number of hydrogen-bond acceptors (Lipinski definition) is 6. The van der Waals surface area contributed by atoms with Crippen LogP contribution in [0.1, 0.15) is 23.7 Å². The number of ether oxygens (including phenoxy) is 1. The smallest absolute Gasteiger partial charge is 0.311 e. The Balaban J connectivity index is 2.14. The van der Waals surface area contributed by atoms with Crippen molar-refractivity contribution >= 4 is 22.7 Å². The molecule has 0 amide bonds. The van der Waals surface area contributed by atoms with Gasteiger partial charge in [0.25, 0.3) is 0 Å². The van der Waals surface area contributed by atoms with Gasteiger partial charge in [-0.3, -0.25) is 10.1 Å². The summed E-state index contributed by atoms with van der Waals surface area (Å²) in [7, 11) is 0. The number of nitro groups is 1. The van der Waals surface area contributed by atoms with Gasteiger partial charge in [0.1, 0.15) is 0 Å². The molecular weight excluding hydrogens is 290 g/mol. The molecule has 1 N–H and O–H groups in total. The molecule has 0 saturated carbocycles. The minimum absolute atomic E-state index is 0.0251. The molecule has 1 aromatic heterocycles. The summed E-state index contributed by atoms with van der Waals surface area (Å²) in [5, 5.41) is 15.2. The molecular formula is C14H17N3O3S. The summed E-state index contributed by atoms with van der Waals surface area (Å²) >= 11 is 1.62. The number of benzene rings is 1. The fourth-order valence-electron chi connectivity index (χ4n) is 1.80. The van der Waals surface area contributed by atoms with E-state index in [9.17, 15) is 10.1 Å². The molecule has 0 radical (unpaired) electrons. The lowest BCUT2D eigenvalue weighted by Crippen LogP contribution is -2.08. The Kier molecular flexibility index (Phi) is 4.74. The molecule has 7 heteroatoms. The van der Waals surface area contributed by atoms with E-state index in [1.54, 1.807) is 23.5 Å². The van der Waals surface area contributed by atoms with Crippen molar-refractivity contribution in [3.8, 4) is 5.75 Å². The van der Waals surface area contributed by atoms with Gasteiger partial charge in [0, 0.05) is 28.9 Å². The first-order valence-corrected chi connectivity index (χ1v) is 7.37. The summed E-state index contributed by atoms with van der Waals surface area (Å²) in [6.07, 6.45) is 1.70. The first-order chi connectivity index (χ1) is 9.95. The van der Waals surface area contributed by atoms with Gasteiger partial charge < -0.3 is 10.1 Å². The number of anilines is 1. The van der Waals surface area contributed by atoms with Crippen LogP contribution in [0.4, 0.5) is 11.4 Å². The van der Waals surface area contributed by atoms with Crippen LogP contribution in [-0.2, 0) is 6.54 Å². The third kappa shape index (κ3) is 4.16. The summed E-state index contributed by atoms with van der Waals surface area (Å²) in [5.74, 6) is 0.278. The number of rotatable bonds is 6. The summed E-state index contributed by atoms with van der Waals surface area (Å²) < 4.78 is 5.51. The van der Waals surface area contributed by atoms with Crippen LogP contribution < -0.4 is 10.1 Å². The van der Waals surface area contributed by atoms with Crippen LogP contribution in [0, 0.1) is 17.0 Å². The van der Waals surface area contributed by atoms with Gasteiger partial charge in [-0.25, -0.2) is 4.98 Å². The van der Waals surface area contributed by atoms with Crippen LogP contribution in [-0.4, -0.2) is 16.0 Å². The molecule has 0 fully saturated rings. The zero-order valence-corrected chi connectivity index (χ0v) is 12.9. The highest BCUT2D eigenvalue weighted by molar-refractivity contribution is 7.11. The van der Waals surface area contributed by atoms with Gasteiger partial charge >= 0.3 is 5.69 Å². The van der Waals surface area contributed by atoms with Gasteiger partial charge in [-0.05, 0) is 26.8 Å². The molecule has 0 bridgehead atoms. The van der Waals surface area contributed by atoms with E-state index >= 15 is 0 Å². The monoisotopic (exact) mass is 307 g/mol. The van der Waals surface area contributed by atoms with E-state index in [1.807, 2.05) is 27.0 Å². The molecule has 0 aliphatic carbocycles. The first-order valence-electron chi connectivity index (χ1n) is 6.56. The molecule has 2 rings (SSSR count). The van der Waals surface area contributed by atoms with Crippen molar-refractivity contribution < 1.29 is 9.66 Å². The summed E-state index contributed by atoms with van der Waals surface area (Å²) in [5.41, 5.74) is 0.755. The number of thiazole rings is 1. The molecule has 0 aliphatic heterocycles. The van der Waals surface area contributed by atoms with Crippen molar-refractivity contribution in [3.63, 3.8) is 0 Å². The molecule has 0 spiro atoms. The Bertz CT molecular complexity index is 640. The fraction of sp³-hybridized carbons (Fsp3) is 0.357. The third-order valence-electron chi connectivity index (χ3n) is 2.66. The molecule has 6 nitrogen and oxygen atoms in total. The molecule has 2 aromatic rings. The van der Waals surface area contributed by atoms with Gasteiger partial charge in [-0.2, -0.15) is 0 Å². The maximum Gasteiger partial charge on any atom is 0.311 e. The quantitative estimate of drug-likeness (QED) is 0.649. The predicted molar refractivity (Wildman–Crippen MR) is 83.0 cm³/mol. The van der Waals surface area contributed by atoms with E-state index in [0.717, 1.165) is 15.6 Å². The lowest BCUT2D eigenvalue weighted by molar-refractivity contribution is -0.386. The Hall–Kier alpha value is -2.15. The first kappa shape index (κ1) is 15.2. The van der Waals surface area contributed by atoms with E-state index in [1.165, 1.54) is 6.07 Å². The van der Waals surface area contributed by atoms with E-state index in [-0.39, 0.29) is 17.5 Å². The Labute approximate surface area is 126 Å². The molecule has 0 saturated heterocycles. The summed E-state index contributed by atoms with van der Waals surface area (Å²) in [6.45, 7) is 6.26. The van der Waals surface area contributed by atoms with Gasteiger partial charge in [0.2, 0.25) is 0 Å². The van der Waals surface area contributed by atoms with Crippen molar-refractivity contribution in [2.24, 2.45) is 0 Å². The second-order valence-electron chi connectivity index (χ2n) is 4.81. The van der Waals surface area contributed by atoms with E-state index in [0.29, 0.717) is 6.54 Å². The highest BCUT2D eigenvalue weighted by Gasteiger charge is 2.16. The number of aryl methyl sites for hydroxylation is 1. The van der Waals surface area contributed by atoms with Crippen LogP contribution in [0.5, 0.6) is 5.75 Å². The van der Waals surface area contributed by atoms with Crippen molar-refractivity contribution in [2.45, 2.75) is 33.4 Å². The molecule has 0 atom stereocenters. The topological polar surface area (TPSA) is 77.3 Å². The van der Waals surface area contributed by atoms with Crippen molar-refractivity contribution in [1.29, 1.82) is 0 Å². The lowest BCUT2D eigenvalue weighted by atomic mass is 10.2. The minimum atomic E-state index is -0.436. The minimum Gasteiger partial charge on any atom is -0.484 e. The number of aromatic nitrogens is 1. The normalized spacial score (nSPS) is 10.7. The molecule has 1 heterocycles. The maximum absolute atomic E-state index is 11.0. The molecule has 1 aromatic carbocycles. The summed E-state index contributed by atoms with van der Waals surface area (Å²) in [4.78, 5) is 15.9.